The van der Waals surface area contributed by atoms with E-state index in [0.717, 1.165) is 5.69 Å². The van der Waals surface area contributed by atoms with Gasteiger partial charge < -0.3 is 4.90 Å². The zero-order chi connectivity index (χ0) is 13.6. The van der Waals surface area contributed by atoms with Crippen LogP contribution in [0.4, 0.5) is 0 Å². The van der Waals surface area contributed by atoms with E-state index in [9.17, 15) is 14.4 Å². The summed E-state index contributed by atoms with van der Waals surface area (Å²) in [6.45, 7) is 2.43. The Hall–Kier alpha value is -2.24. The molecular formula is C13H13N3O3. The molecule has 0 radical (unpaired) electrons. The molecule has 2 fully saturated rings. The predicted octanol–water partition coefficient (Wildman–Crippen LogP) is -0.265. The van der Waals surface area contributed by atoms with Crippen molar-refractivity contribution in [3.8, 4) is 0 Å². The van der Waals surface area contributed by atoms with Gasteiger partial charge in [-0.2, -0.15) is 0 Å². The Morgan fingerprint density at radius 1 is 1.32 bits per heavy atom. The standard InChI is InChI=1S/C13H13N3O3/c1-7-4-8(2-3-14-7)13(19)16-5-9-10(6-16)12(18)15-11(9)17/h2-4,9-10H,5-6H2,1H3,(H,15,17,18)/t9-,10+. The Morgan fingerprint density at radius 3 is 2.53 bits per heavy atom. The van der Waals surface area contributed by atoms with Crippen LogP contribution in [-0.4, -0.2) is 40.7 Å². The van der Waals surface area contributed by atoms with Gasteiger partial charge in [-0.05, 0) is 19.1 Å². The van der Waals surface area contributed by atoms with Gasteiger partial charge in [0.05, 0.1) is 11.8 Å². The lowest BCUT2D eigenvalue weighted by molar-refractivity contribution is -0.126. The number of hydrogen-bond acceptors (Lipinski definition) is 4. The average Bonchev–Trinajstić information content (AvgIpc) is 2.92. The number of likely N-dealkylation sites (tertiary alicyclic amines) is 1. The van der Waals surface area contributed by atoms with Crippen LogP contribution < -0.4 is 5.32 Å². The van der Waals surface area contributed by atoms with Gasteiger partial charge in [0.2, 0.25) is 11.8 Å². The van der Waals surface area contributed by atoms with E-state index in [1.165, 1.54) is 0 Å². The Kier molecular flexibility index (Phi) is 2.58. The van der Waals surface area contributed by atoms with Crippen LogP contribution in [0, 0.1) is 18.8 Å². The van der Waals surface area contributed by atoms with Crippen molar-refractivity contribution < 1.29 is 14.4 Å². The number of imide groups is 1. The number of nitrogens with zero attached hydrogens (tertiary/aromatic N) is 2. The molecule has 0 spiro atoms. The Balaban J connectivity index is 1.80. The molecule has 0 saturated carbocycles. The number of hydrogen-bond donors (Lipinski definition) is 1. The highest BCUT2D eigenvalue weighted by molar-refractivity contribution is 6.06. The molecule has 2 atom stereocenters. The molecule has 1 aromatic rings. The molecule has 2 aliphatic rings. The van der Waals surface area contributed by atoms with Crippen molar-refractivity contribution in [3.05, 3.63) is 29.6 Å². The predicted molar refractivity (Wildman–Crippen MR) is 65.0 cm³/mol. The molecule has 0 aliphatic carbocycles. The summed E-state index contributed by atoms with van der Waals surface area (Å²) in [5.74, 6) is -1.47. The zero-order valence-corrected chi connectivity index (χ0v) is 10.4. The number of pyridine rings is 1. The monoisotopic (exact) mass is 259 g/mol. The van der Waals surface area contributed by atoms with Gasteiger partial charge in [0.15, 0.2) is 0 Å². The maximum atomic E-state index is 12.3. The minimum absolute atomic E-state index is 0.152. The smallest absolute Gasteiger partial charge is 0.254 e. The number of fused-ring (bicyclic) bond motifs is 1. The van der Waals surface area contributed by atoms with Gasteiger partial charge in [0.1, 0.15) is 0 Å². The fraction of sp³-hybridized carbons (Fsp3) is 0.385. The topological polar surface area (TPSA) is 79.4 Å². The van der Waals surface area contributed by atoms with Gasteiger partial charge in [0.25, 0.3) is 5.91 Å². The third kappa shape index (κ3) is 1.89. The molecule has 0 bridgehead atoms. The lowest BCUT2D eigenvalue weighted by atomic mass is 10.00. The average molecular weight is 259 g/mol. The molecule has 3 rings (SSSR count). The molecular weight excluding hydrogens is 246 g/mol. The van der Waals surface area contributed by atoms with Crippen molar-refractivity contribution in [2.75, 3.05) is 13.1 Å². The third-order valence-electron chi connectivity index (χ3n) is 3.67. The highest BCUT2D eigenvalue weighted by Gasteiger charge is 2.48. The van der Waals surface area contributed by atoms with Crippen molar-refractivity contribution in [1.29, 1.82) is 0 Å². The molecule has 6 nitrogen and oxygen atoms in total. The summed E-state index contributed by atoms with van der Waals surface area (Å²) in [5, 5.41) is 2.30. The van der Waals surface area contributed by atoms with Crippen LogP contribution in [0.2, 0.25) is 0 Å². The quantitative estimate of drug-likeness (QED) is 0.704. The molecule has 1 N–H and O–H groups in total. The summed E-state index contributed by atoms with van der Waals surface area (Å²) in [5.41, 5.74) is 1.30. The van der Waals surface area contributed by atoms with Crippen molar-refractivity contribution in [2.24, 2.45) is 11.8 Å². The van der Waals surface area contributed by atoms with E-state index >= 15 is 0 Å². The highest BCUT2D eigenvalue weighted by Crippen LogP contribution is 2.29. The van der Waals surface area contributed by atoms with Crippen LogP contribution in [0.15, 0.2) is 18.3 Å². The number of amides is 3. The van der Waals surface area contributed by atoms with E-state index in [1.807, 2.05) is 6.92 Å². The van der Waals surface area contributed by atoms with Crippen molar-refractivity contribution in [2.45, 2.75) is 6.92 Å². The number of carbonyl (C=O) groups is 3. The minimum Gasteiger partial charge on any atom is -0.337 e. The van der Waals surface area contributed by atoms with Crippen molar-refractivity contribution >= 4 is 17.7 Å². The number of carbonyl (C=O) groups excluding carboxylic acids is 3. The highest BCUT2D eigenvalue weighted by atomic mass is 16.2. The first-order valence-corrected chi connectivity index (χ1v) is 6.13. The van der Waals surface area contributed by atoms with Gasteiger partial charge in [0, 0.05) is 30.5 Å². The van der Waals surface area contributed by atoms with Gasteiger partial charge in [-0.3, -0.25) is 24.7 Å². The number of aryl methyl sites for hydroxylation is 1. The van der Waals surface area contributed by atoms with Gasteiger partial charge >= 0.3 is 0 Å². The summed E-state index contributed by atoms with van der Waals surface area (Å²) < 4.78 is 0. The molecule has 2 saturated heterocycles. The first kappa shape index (κ1) is 11.8. The summed E-state index contributed by atoms with van der Waals surface area (Å²) in [7, 11) is 0. The lowest BCUT2D eigenvalue weighted by Gasteiger charge is -2.17. The second-order valence-corrected chi connectivity index (χ2v) is 4.96. The normalized spacial score (nSPS) is 25.4. The second kappa shape index (κ2) is 4.15. The molecule has 19 heavy (non-hydrogen) atoms. The zero-order valence-electron chi connectivity index (χ0n) is 10.4. The lowest BCUT2D eigenvalue weighted by Crippen LogP contribution is -2.35. The maximum absolute atomic E-state index is 12.3. The van der Waals surface area contributed by atoms with E-state index in [4.69, 9.17) is 0 Å². The molecule has 0 aromatic carbocycles. The molecule has 0 unspecified atom stereocenters. The Labute approximate surface area is 109 Å². The van der Waals surface area contributed by atoms with Crippen molar-refractivity contribution in [3.63, 3.8) is 0 Å². The number of aromatic nitrogens is 1. The van der Waals surface area contributed by atoms with Gasteiger partial charge in [-0.1, -0.05) is 0 Å². The van der Waals surface area contributed by atoms with E-state index in [-0.39, 0.29) is 29.6 Å². The second-order valence-electron chi connectivity index (χ2n) is 4.96. The van der Waals surface area contributed by atoms with Crippen LogP contribution in [0.25, 0.3) is 0 Å². The van der Waals surface area contributed by atoms with Gasteiger partial charge in [-0.15, -0.1) is 0 Å². The van der Waals surface area contributed by atoms with E-state index in [0.29, 0.717) is 18.7 Å². The van der Waals surface area contributed by atoms with Crippen LogP contribution in [0.3, 0.4) is 0 Å². The molecule has 2 aliphatic heterocycles. The summed E-state index contributed by atoms with van der Waals surface area (Å²) >= 11 is 0. The largest absolute Gasteiger partial charge is 0.337 e. The van der Waals surface area contributed by atoms with Crippen molar-refractivity contribution in [1.82, 2.24) is 15.2 Å². The fourth-order valence-electron chi connectivity index (χ4n) is 2.67. The Bertz CT molecular complexity index is 562. The van der Waals surface area contributed by atoms with E-state index in [1.54, 1.807) is 23.2 Å². The minimum atomic E-state index is -0.389. The molecule has 1 aromatic heterocycles. The maximum Gasteiger partial charge on any atom is 0.254 e. The summed E-state index contributed by atoms with van der Waals surface area (Å²) in [4.78, 5) is 41.0. The van der Waals surface area contributed by atoms with Crippen LogP contribution >= 0.6 is 0 Å². The number of nitrogens with one attached hydrogen (secondary N) is 1. The van der Waals surface area contributed by atoms with E-state index in [2.05, 4.69) is 10.3 Å². The fourth-order valence-corrected chi connectivity index (χ4v) is 2.67. The molecule has 3 heterocycles. The molecule has 6 heteroatoms. The summed E-state index contributed by atoms with van der Waals surface area (Å²) in [6.07, 6.45) is 1.58. The van der Waals surface area contributed by atoms with Crippen LogP contribution in [0.1, 0.15) is 16.1 Å². The third-order valence-corrected chi connectivity index (χ3v) is 3.67. The van der Waals surface area contributed by atoms with Crippen LogP contribution in [0.5, 0.6) is 0 Å². The van der Waals surface area contributed by atoms with Gasteiger partial charge in [-0.25, -0.2) is 0 Å². The van der Waals surface area contributed by atoms with Crippen LogP contribution in [-0.2, 0) is 9.59 Å². The number of rotatable bonds is 1. The Morgan fingerprint density at radius 2 is 1.95 bits per heavy atom. The van der Waals surface area contributed by atoms with E-state index < -0.39 is 0 Å². The first-order valence-electron chi connectivity index (χ1n) is 6.13. The SMILES string of the molecule is Cc1cc(C(=O)N2C[C@@H]3C(=O)NC(=O)[C@@H]3C2)ccn1. The molecule has 3 amide bonds. The first-order chi connectivity index (χ1) is 9.06. The summed E-state index contributed by atoms with van der Waals surface area (Å²) in [6, 6.07) is 3.35. The molecule has 98 valence electrons.